The normalized spacial score (nSPS) is 19.1. The first-order valence-electron chi connectivity index (χ1n) is 9.89. The summed E-state index contributed by atoms with van der Waals surface area (Å²) >= 11 is 0. The van der Waals surface area contributed by atoms with Crippen molar-refractivity contribution in [3.8, 4) is 0 Å². The van der Waals surface area contributed by atoms with E-state index in [2.05, 4.69) is 29.4 Å². The summed E-state index contributed by atoms with van der Waals surface area (Å²) in [6, 6.07) is 7.40. The maximum atomic E-state index is 13.1. The third-order valence-electron chi connectivity index (χ3n) is 5.49. The molecule has 1 aromatic heterocycles. The molecular weight excluding hydrogens is 354 g/mol. The molecule has 0 radical (unpaired) electrons. The smallest absolute Gasteiger partial charge is 0.320 e. The fraction of sp³-hybridized carbons (Fsp3) is 0.476. The second kappa shape index (κ2) is 7.30. The Morgan fingerprint density at radius 1 is 1.25 bits per heavy atom. The molecule has 2 aliphatic rings. The summed E-state index contributed by atoms with van der Waals surface area (Å²) in [4.78, 5) is 29.1. The molecule has 0 aliphatic carbocycles. The van der Waals surface area contributed by atoms with Crippen LogP contribution in [0.5, 0.6) is 0 Å². The first kappa shape index (κ1) is 18.5. The number of aromatic nitrogens is 2. The van der Waals surface area contributed by atoms with Crippen LogP contribution >= 0.6 is 0 Å². The third-order valence-corrected chi connectivity index (χ3v) is 5.49. The average molecular weight is 381 g/mol. The van der Waals surface area contributed by atoms with Crippen molar-refractivity contribution in [2.45, 2.75) is 46.1 Å². The van der Waals surface area contributed by atoms with Crippen LogP contribution in [0.15, 0.2) is 30.5 Å². The molecule has 0 saturated carbocycles. The fourth-order valence-corrected chi connectivity index (χ4v) is 4.15. The van der Waals surface area contributed by atoms with Crippen LogP contribution in [0.3, 0.4) is 0 Å². The third kappa shape index (κ3) is 3.74. The number of hydrogen-bond acceptors (Lipinski definition) is 3. The number of rotatable bonds is 2. The number of aromatic amines is 1. The van der Waals surface area contributed by atoms with E-state index in [-0.39, 0.29) is 17.4 Å². The molecule has 0 spiro atoms. The highest BCUT2D eigenvalue weighted by Crippen LogP contribution is 2.32. The molecule has 3 amide bonds. The monoisotopic (exact) mass is 381 g/mol. The van der Waals surface area contributed by atoms with Gasteiger partial charge in [0, 0.05) is 30.8 Å². The number of nitrogens with zero attached hydrogens (tertiary/aromatic N) is 3. The second-order valence-electron chi connectivity index (χ2n) is 8.52. The zero-order valence-corrected chi connectivity index (χ0v) is 16.5. The van der Waals surface area contributed by atoms with Crippen molar-refractivity contribution in [2.24, 2.45) is 5.41 Å². The number of nitrogens with one attached hydrogen (secondary N) is 2. The van der Waals surface area contributed by atoms with Crippen LogP contribution in [0, 0.1) is 5.41 Å². The van der Waals surface area contributed by atoms with Gasteiger partial charge in [0.05, 0.1) is 24.1 Å². The van der Waals surface area contributed by atoms with Crippen molar-refractivity contribution in [3.05, 3.63) is 41.7 Å². The summed E-state index contributed by atoms with van der Waals surface area (Å²) in [5.74, 6) is 0.117. The number of piperidine rings is 1. The highest BCUT2D eigenvalue weighted by Gasteiger charge is 2.32. The van der Waals surface area contributed by atoms with Gasteiger partial charge in [-0.3, -0.25) is 9.89 Å². The Hall–Kier alpha value is -2.83. The van der Waals surface area contributed by atoms with Crippen LogP contribution in [-0.2, 0) is 17.8 Å². The topological polar surface area (TPSA) is 81.3 Å². The number of fused-ring (bicyclic) bond motifs is 1. The highest BCUT2D eigenvalue weighted by molar-refractivity contribution is 6.01. The lowest BCUT2D eigenvalue weighted by atomic mass is 9.88. The zero-order chi connectivity index (χ0) is 19.7. The van der Waals surface area contributed by atoms with E-state index in [0.29, 0.717) is 31.7 Å². The summed E-state index contributed by atoms with van der Waals surface area (Å²) in [5, 5.41) is 10.3. The number of anilines is 2. The molecule has 7 heteroatoms. The lowest BCUT2D eigenvalue weighted by Gasteiger charge is -2.31. The van der Waals surface area contributed by atoms with Gasteiger partial charge in [0.1, 0.15) is 0 Å². The van der Waals surface area contributed by atoms with Crippen molar-refractivity contribution in [3.63, 3.8) is 0 Å². The van der Waals surface area contributed by atoms with Gasteiger partial charge in [-0.1, -0.05) is 26.0 Å². The minimum Gasteiger partial charge on any atom is -0.320 e. The van der Waals surface area contributed by atoms with E-state index in [0.717, 1.165) is 36.2 Å². The molecule has 3 heterocycles. The number of hydrogen-bond donors (Lipinski definition) is 2. The van der Waals surface area contributed by atoms with Crippen LogP contribution in [0.2, 0.25) is 0 Å². The van der Waals surface area contributed by atoms with E-state index in [1.165, 1.54) is 0 Å². The first-order valence-corrected chi connectivity index (χ1v) is 9.89. The predicted octanol–water partition coefficient (Wildman–Crippen LogP) is 3.54. The summed E-state index contributed by atoms with van der Waals surface area (Å²) in [6.07, 6.45) is 5.13. The Morgan fingerprint density at radius 3 is 2.89 bits per heavy atom. The van der Waals surface area contributed by atoms with Gasteiger partial charge in [-0.05, 0) is 36.8 Å². The molecule has 0 unspecified atom stereocenters. The standard InChI is InChI=1S/C21H27N5O2/c1-21(2)11-17-15(12-22-24-17)13-25(14-21)20(28)23-16-7-3-4-8-18(16)26-10-6-5-9-19(26)27/h3-4,7-8,12H,5-6,9-11,13-14H2,1-2H3,(H,22,24)(H,23,28). The number of H-pyrrole nitrogens is 1. The van der Waals surface area contributed by atoms with Crippen LogP contribution < -0.4 is 10.2 Å². The summed E-state index contributed by atoms with van der Waals surface area (Å²) < 4.78 is 0. The molecule has 1 aromatic carbocycles. The SMILES string of the molecule is CC1(C)Cc2[nH]ncc2CN(C(=O)Nc2ccccc2N2CCCCC2=O)C1. The molecule has 2 aliphatic heterocycles. The predicted molar refractivity (Wildman–Crippen MR) is 108 cm³/mol. The van der Waals surface area contributed by atoms with Crippen LogP contribution in [0.4, 0.5) is 16.2 Å². The number of carbonyl (C=O) groups excluding carboxylic acids is 2. The maximum Gasteiger partial charge on any atom is 0.322 e. The largest absolute Gasteiger partial charge is 0.322 e. The number of urea groups is 1. The first-order chi connectivity index (χ1) is 13.4. The zero-order valence-electron chi connectivity index (χ0n) is 16.5. The number of benzene rings is 1. The molecule has 28 heavy (non-hydrogen) atoms. The van der Waals surface area contributed by atoms with Crippen LogP contribution in [0.25, 0.3) is 0 Å². The Bertz CT molecular complexity index is 888. The Balaban J connectivity index is 1.56. The van der Waals surface area contributed by atoms with Gasteiger partial charge in [0.25, 0.3) is 0 Å². The van der Waals surface area contributed by atoms with Gasteiger partial charge < -0.3 is 15.1 Å². The minimum atomic E-state index is -0.154. The molecule has 2 N–H and O–H groups in total. The van der Waals surface area contributed by atoms with E-state index >= 15 is 0 Å². The van der Waals surface area contributed by atoms with Crippen molar-refractivity contribution in [1.29, 1.82) is 0 Å². The highest BCUT2D eigenvalue weighted by atomic mass is 16.2. The van der Waals surface area contributed by atoms with E-state index in [1.807, 2.05) is 29.2 Å². The molecular formula is C21H27N5O2. The van der Waals surface area contributed by atoms with Gasteiger partial charge in [-0.25, -0.2) is 4.79 Å². The summed E-state index contributed by atoms with van der Waals surface area (Å²) in [7, 11) is 0. The summed E-state index contributed by atoms with van der Waals surface area (Å²) in [5.41, 5.74) is 3.55. The molecule has 0 bridgehead atoms. The lowest BCUT2D eigenvalue weighted by Crippen LogP contribution is -2.41. The molecule has 0 atom stereocenters. The van der Waals surface area contributed by atoms with E-state index in [4.69, 9.17) is 0 Å². The van der Waals surface area contributed by atoms with Gasteiger partial charge in [-0.15, -0.1) is 0 Å². The Morgan fingerprint density at radius 2 is 2.07 bits per heavy atom. The Kier molecular flexibility index (Phi) is 4.83. The van der Waals surface area contributed by atoms with Crippen molar-refractivity contribution in [2.75, 3.05) is 23.3 Å². The van der Waals surface area contributed by atoms with Gasteiger partial charge >= 0.3 is 6.03 Å². The fourth-order valence-electron chi connectivity index (χ4n) is 4.15. The molecule has 148 valence electrons. The van der Waals surface area contributed by atoms with Crippen molar-refractivity contribution >= 4 is 23.3 Å². The maximum absolute atomic E-state index is 13.1. The molecule has 7 nitrogen and oxygen atoms in total. The molecule has 4 rings (SSSR count). The average Bonchev–Trinajstić information content (AvgIpc) is 3.02. The van der Waals surface area contributed by atoms with E-state index in [1.54, 1.807) is 11.1 Å². The minimum absolute atomic E-state index is 0.0581. The second-order valence-corrected chi connectivity index (χ2v) is 8.52. The van der Waals surface area contributed by atoms with E-state index in [9.17, 15) is 9.59 Å². The van der Waals surface area contributed by atoms with Gasteiger partial charge in [0.2, 0.25) is 5.91 Å². The van der Waals surface area contributed by atoms with Gasteiger partial charge in [0.15, 0.2) is 0 Å². The van der Waals surface area contributed by atoms with Crippen molar-refractivity contribution < 1.29 is 9.59 Å². The van der Waals surface area contributed by atoms with Crippen LogP contribution in [0.1, 0.15) is 44.4 Å². The number of para-hydroxylation sites is 2. The van der Waals surface area contributed by atoms with Gasteiger partial charge in [-0.2, -0.15) is 5.10 Å². The van der Waals surface area contributed by atoms with E-state index < -0.39 is 0 Å². The lowest BCUT2D eigenvalue weighted by molar-refractivity contribution is -0.119. The Labute approximate surface area is 165 Å². The molecule has 1 saturated heterocycles. The summed E-state index contributed by atoms with van der Waals surface area (Å²) in [6.45, 7) is 6.17. The quantitative estimate of drug-likeness (QED) is 0.835. The molecule has 2 aromatic rings. The van der Waals surface area contributed by atoms with Crippen LogP contribution in [-0.4, -0.2) is 40.1 Å². The number of amides is 3. The number of carbonyl (C=O) groups is 2. The van der Waals surface area contributed by atoms with Crippen molar-refractivity contribution in [1.82, 2.24) is 15.1 Å². The molecule has 1 fully saturated rings.